The van der Waals surface area contributed by atoms with E-state index in [1.165, 1.54) is 0 Å². The normalized spacial score (nSPS) is 14.1. The number of carbonyl (C=O) groups excluding carboxylic acids is 2. The van der Waals surface area contributed by atoms with Crippen molar-refractivity contribution in [1.29, 1.82) is 0 Å². The van der Waals surface area contributed by atoms with Crippen LogP contribution in [0.5, 0.6) is 0 Å². The van der Waals surface area contributed by atoms with Gasteiger partial charge < -0.3 is 10.2 Å². The lowest BCUT2D eigenvalue weighted by Gasteiger charge is -2.20. The van der Waals surface area contributed by atoms with Gasteiger partial charge in [0.25, 0.3) is 0 Å². The van der Waals surface area contributed by atoms with Gasteiger partial charge >= 0.3 is 0 Å². The molecule has 0 unspecified atom stereocenters. The van der Waals surface area contributed by atoms with Gasteiger partial charge in [-0.05, 0) is 30.2 Å². The van der Waals surface area contributed by atoms with Gasteiger partial charge in [0, 0.05) is 18.0 Å². The van der Waals surface area contributed by atoms with E-state index in [-0.39, 0.29) is 18.2 Å². The van der Waals surface area contributed by atoms with Crippen molar-refractivity contribution >= 4 is 34.8 Å². The number of nitrogens with zero attached hydrogens (tertiary/aromatic N) is 1. The summed E-state index contributed by atoms with van der Waals surface area (Å²) < 4.78 is 0. The van der Waals surface area contributed by atoms with Crippen molar-refractivity contribution in [2.75, 3.05) is 16.8 Å². The van der Waals surface area contributed by atoms with Crippen LogP contribution in [0.25, 0.3) is 0 Å². The molecule has 4 nitrogen and oxygen atoms in total. The Kier molecular flexibility index (Phi) is 4.63. The number of hydrogen-bond acceptors (Lipinski definition) is 2. The number of halogens is 1. The summed E-state index contributed by atoms with van der Waals surface area (Å²) in [6.07, 6.45) is 1.60. The Labute approximate surface area is 140 Å². The largest absolute Gasteiger partial charge is 0.324 e. The zero-order chi connectivity index (χ0) is 16.2. The Morgan fingerprint density at radius 3 is 2.61 bits per heavy atom. The van der Waals surface area contributed by atoms with Crippen molar-refractivity contribution in [2.45, 2.75) is 19.3 Å². The fourth-order valence-corrected chi connectivity index (χ4v) is 2.93. The summed E-state index contributed by atoms with van der Waals surface area (Å²) in [6, 6.07) is 14.7. The number of anilines is 2. The standard InChI is InChI=1S/C18H17ClN2O2/c19-14-7-2-1-6-13(14)12-17(22)20-15-8-3-4-9-16(15)21-11-5-10-18(21)23/h1-4,6-9H,5,10-12H2,(H,20,22). The summed E-state index contributed by atoms with van der Waals surface area (Å²) in [5.74, 6) is -0.0602. The topological polar surface area (TPSA) is 49.4 Å². The maximum Gasteiger partial charge on any atom is 0.228 e. The molecule has 2 aromatic rings. The molecule has 0 spiro atoms. The van der Waals surface area contributed by atoms with E-state index >= 15 is 0 Å². The van der Waals surface area contributed by atoms with E-state index in [9.17, 15) is 9.59 Å². The monoisotopic (exact) mass is 328 g/mol. The summed E-state index contributed by atoms with van der Waals surface area (Å²) in [4.78, 5) is 26.0. The molecule has 5 heteroatoms. The van der Waals surface area contributed by atoms with Crippen LogP contribution in [-0.4, -0.2) is 18.4 Å². The van der Waals surface area contributed by atoms with Crippen LogP contribution in [0.4, 0.5) is 11.4 Å². The summed E-state index contributed by atoms with van der Waals surface area (Å²) in [5, 5.41) is 3.47. The van der Waals surface area contributed by atoms with E-state index in [2.05, 4.69) is 5.32 Å². The van der Waals surface area contributed by atoms with Crippen molar-refractivity contribution in [1.82, 2.24) is 0 Å². The highest BCUT2D eigenvalue weighted by Gasteiger charge is 2.24. The Morgan fingerprint density at radius 2 is 1.87 bits per heavy atom. The number of amides is 2. The van der Waals surface area contributed by atoms with Crippen LogP contribution in [0.3, 0.4) is 0 Å². The van der Waals surface area contributed by atoms with Gasteiger partial charge in [-0.25, -0.2) is 0 Å². The first-order valence-electron chi connectivity index (χ1n) is 7.58. The molecule has 1 heterocycles. The maximum atomic E-state index is 12.3. The average molecular weight is 329 g/mol. The van der Waals surface area contributed by atoms with E-state index in [1.807, 2.05) is 42.5 Å². The number of rotatable bonds is 4. The Bertz CT molecular complexity index is 745. The molecular formula is C18H17ClN2O2. The highest BCUT2D eigenvalue weighted by Crippen LogP contribution is 2.29. The number of carbonyl (C=O) groups is 2. The van der Waals surface area contributed by atoms with E-state index in [4.69, 9.17) is 11.6 Å². The van der Waals surface area contributed by atoms with Crippen LogP contribution >= 0.6 is 11.6 Å². The van der Waals surface area contributed by atoms with Crippen molar-refractivity contribution in [3.63, 3.8) is 0 Å². The van der Waals surface area contributed by atoms with Gasteiger partial charge in [0.1, 0.15) is 0 Å². The Hall–Kier alpha value is -2.33. The van der Waals surface area contributed by atoms with E-state index in [0.717, 1.165) is 17.7 Å². The van der Waals surface area contributed by atoms with Crippen LogP contribution in [0.1, 0.15) is 18.4 Å². The number of para-hydroxylation sites is 2. The minimum absolute atomic E-state index is 0.0952. The second-order valence-corrected chi connectivity index (χ2v) is 5.89. The zero-order valence-corrected chi connectivity index (χ0v) is 13.3. The van der Waals surface area contributed by atoms with Gasteiger partial charge in [0.2, 0.25) is 11.8 Å². The van der Waals surface area contributed by atoms with E-state index in [1.54, 1.807) is 11.0 Å². The zero-order valence-electron chi connectivity index (χ0n) is 12.6. The lowest BCUT2D eigenvalue weighted by Crippen LogP contribution is -2.26. The van der Waals surface area contributed by atoms with Crippen LogP contribution < -0.4 is 10.2 Å². The molecule has 0 bridgehead atoms. The molecule has 1 fully saturated rings. The van der Waals surface area contributed by atoms with Gasteiger partial charge in [0.15, 0.2) is 0 Å². The average Bonchev–Trinajstić information content (AvgIpc) is 2.96. The highest BCUT2D eigenvalue weighted by molar-refractivity contribution is 6.31. The molecule has 0 aliphatic carbocycles. The molecular weight excluding hydrogens is 312 g/mol. The van der Waals surface area contributed by atoms with Gasteiger partial charge in [-0.2, -0.15) is 0 Å². The Morgan fingerprint density at radius 1 is 1.13 bits per heavy atom. The lowest BCUT2D eigenvalue weighted by molar-refractivity contribution is -0.117. The highest BCUT2D eigenvalue weighted by atomic mass is 35.5. The van der Waals surface area contributed by atoms with Crippen molar-refractivity contribution < 1.29 is 9.59 Å². The molecule has 1 aliphatic rings. The molecule has 1 aliphatic heterocycles. The second-order valence-electron chi connectivity index (χ2n) is 5.48. The quantitative estimate of drug-likeness (QED) is 0.931. The molecule has 2 aromatic carbocycles. The third-order valence-electron chi connectivity index (χ3n) is 3.85. The van der Waals surface area contributed by atoms with Gasteiger partial charge in [-0.1, -0.05) is 41.9 Å². The van der Waals surface area contributed by atoms with Crippen LogP contribution in [-0.2, 0) is 16.0 Å². The molecule has 0 radical (unpaired) electrons. The molecule has 0 aromatic heterocycles. The van der Waals surface area contributed by atoms with Crippen molar-refractivity contribution in [3.05, 3.63) is 59.1 Å². The van der Waals surface area contributed by atoms with Crippen LogP contribution in [0, 0.1) is 0 Å². The first-order chi connectivity index (χ1) is 11.1. The van der Waals surface area contributed by atoms with Crippen LogP contribution in [0.15, 0.2) is 48.5 Å². The maximum absolute atomic E-state index is 12.3. The van der Waals surface area contributed by atoms with Gasteiger partial charge in [-0.15, -0.1) is 0 Å². The van der Waals surface area contributed by atoms with Crippen molar-refractivity contribution in [2.24, 2.45) is 0 Å². The fraction of sp³-hybridized carbons (Fsp3) is 0.222. The molecule has 1 saturated heterocycles. The molecule has 0 atom stereocenters. The smallest absolute Gasteiger partial charge is 0.228 e. The fourth-order valence-electron chi connectivity index (χ4n) is 2.73. The first kappa shape index (κ1) is 15.6. The molecule has 23 heavy (non-hydrogen) atoms. The summed E-state index contributed by atoms with van der Waals surface area (Å²) in [6.45, 7) is 0.691. The van der Waals surface area contributed by atoms with E-state index in [0.29, 0.717) is 23.7 Å². The second kappa shape index (κ2) is 6.84. The predicted octanol–water partition coefficient (Wildman–Crippen LogP) is 3.65. The summed E-state index contributed by atoms with van der Waals surface area (Å²) in [7, 11) is 0. The van der Waals surface area contributed by atoms with Gasteiger partial charge in [0.05, 0.1) is 17.8 Å². The number of hydrogen-bond donors (Lipinski definition) is 1. The third-order valence-corrected chi connectivity index (χ3v) is 4.22. The summed E-state index contributed by atoms with van der Waals surface area (Å²) in [5.41, 5.74) is 2.18. The lowest BCUT2D eigenvalue weighted by atomic mass is 10.1. The van der Waals surface area contributed by atoms with Gasteiger partial charge in [-0.3, -0.25) is 9.59 Å². The molecule has 0 saturated carbocycles. The SMILES string of the molecule is O=C(Cc1ccccc1Cl)Nc1ccccc1N1CCCC1=O. The predicted molar refractivity (Wildman–Crippen MR) is 91.8 cm³/mol. The Balaban J connectivity index is 1.76. The minimum Gasteiger partial charge on any atom is -0.324 e. The van der Waals surface area contributed by atoms with Crippen molar-refractivity contribution in [3.8, 4) is 0 Å². The molecule has 3 rings (SSSR count). The number of benzene rings is 2. The molecule has 2 amide bonds. The molecule has 118 valence electrons. The first-order valence-corrected chi connectivity index (χ1v) is 7.95. The van der Waals surface area contributed by atoms with E-state index < -0.39 is 0 Å². The summed E-state index contributed by atoms with van der Waals surface area (Å²) >= 11 is 6.09. The molecule has 1 N–H and O–H groups in total. The third kappa shape index (κ3) is 3.54. The number of nitrogens with one attached hydrogen (secondary N) is 1. The minimum atomic E-state index is -0.155. The van der Waals surface area contributed by atoms with Crippen LogP contribution in [0.2, 0.25) is 5.02 Å².